The van der Waals surface area contributed by atoms with Gasteiger partial charge in [0.05, 0.1) is 5.75 Å². The molecule has 0 aliphatic heterocycles. The van der Waals surface area contributed by atoms with Gasteiger partial charge < -0.3 is 9.73 Å². The Bertz CT molecular complexity index is 1130. The molecule has 0 aliphatic rings. The molecule has 0 atom stereocenters. The van der Waals surface area contributed by atoms with Crippen LogP contribution in [0.25, 0.3) is 22.9 Å². The first kappa shape index (κ1) is 20.2. The quantitative estimate of drug-likeness (QED) is 0.389. The van der Waals surface area contributed by atoms with Gasteiger partial charge in [0.15, 0.2) is 0 Å². The fourth-order valence-corrected chi connectivity index (χ4v) is 3.81. The van der Waals surface area contributed by atoms with Crippen molar-refractivity contribution in [2.75, 3.05) is 11.1 Å². The summed E-state index contributed by atoms with van der Waals surface area (Å²) >= 11 is 7.52. The molecule has 1 amide bonds. The molecule has 4 aromatic rings. The van der Waals surface area contributed by atoms with Crippen LogP contribution >= 0.6 is 23.4 Å². The molecule has 0 unspecified atom stereocenters. The van der Waals surface area contributed by atoms with Crippen molar-refractivity contribution >= 4 is 35.0 Å². The summed E-state index contributed by atoms with van der Waals surface area (Å²) in [6, 6.07) is 24.6. The maximum atomic E-state index is 12.2. The van der Waals surface area contributed by atoms with E-state index in [1.165, 1.54) is 11.8 Å². The number of carbonyl (C=O) groups excluding carboxylic acids is 1. The van der Waals surface area contributed by atoms with E-state index in [1.54, 1.807) is 0 Å². The Morgan fingerprint density at radius 2 is 1.60 bits per heavy atom. The second kappa shape index (κ2) is 9.61. The number of anilines is 1. The molecule has 1 heterocycles. The number of hydrogen-bond acceptors (Lipinski definition) is 5. The minimum atomic E-state index is -0.0565. The van der Waals surface area contributed by atoms with E-state index in [0.717, 1.165) is 28.1 Å². The third kappa shape index (κ3) is 5.28. The number of thioether (sulfide) groups is 1. The molecule has 3 aromatic carbocycles. The first-order valence-electron chi connectivity index (χ1n) is 9.29. The van der Waals surface area contributed by atoms with Crippen molar-refractivity contribution < 1.29 is 9.21 Å². The lowest BCUT2D eigenvalue weighted by atomic mass is 10.2. The van der Waals surface area contributed by atoms with Crippen LogP contribution in [0.15, 0.2) is 83.3 Å². The van der Waals surface area contributed by atoms with Gasteiger partial charge in [0.25, 0.3) is 0 Å². The zero-order valence-corrected chi connectivity index (χ0v) is 17.5. The first-order chi connectivity index (χ1) is 14.7. The molecular weight excluding hydrogens is 418 g/mol. The van der Waals surface area contributed by atoms with Gasteiger partial charge in [-0.3, -0.25) is 4.79 Å². The average Bonchev–Trinajstić information content (AvgIpc) is 3.25. The van der Waals surface area contributed by atoms with Crippen molar-refractivity contribution in [2.24, 2.45) is 0 Å². The second-order valence-corrected chi connectivity index (χ2v) is 7.95. The van der Waals surface area contributed by atoms with Gasteiger partial charge in [-0.15, -0.1) is 22.0 Å². The number of benzene rings is 3. The van der Waals surface area contributed by atoms with Crippen LogP contribution < -0.4 is 5.32 Å². The van der Waals surface area contributed by atoms with Gasteiger partial charge in [0.2, 0.25) is 17.7 Å². The summed E-state index contributed by atoms with van der Waals surface area (Å²) in [7, 11) is 0. The van der Waals surface area contributed by atoms with Gasteiger partial charge in [-0.1, -0.05) is 41.9 Å². The number of carbonyl (C=O) groups is 1. The van der Waals surface area contributed by atoms with Crippen LogP contribution in [-0.2, 0) is 10.5 Å². The molecule has 0 saturated carbocycles. The van der Waals surface area contributed by atoms with Crippen LogP contribution in [0, 0.1) is 0 Å². The van der Waals surface area contributed by atoms with E-state index in [9.17, 15) is 4.79 Å². The first-order valence-corrected chi connectivity index (χ1v) is 10.8. The van der Waals surface area contributed by atoms with Crippen LogP contribution in [0.5, 0.6) is 0 Å². The average molecular weight is 436 g/mol. The minimum absolute atomic E-state index is 0.0565. The van der Waals surface area contributed by atoms with Crippen molar-refractivity contribution in [3.8, 4) is 22.9 Å². The predicted octanol–water partition coefficient (Wildman–Crippen LogP) is 5.93. The van der Waals surface area contributed by atoms with E-state index in [2.05, 4.69) is 15.5 Å². The molecule has 0 fully saturated rings. The van der Waals surface area contributed by atoms with Crippen molar-refractivity contribution in [3.63, 3.8) is 0 Å². The Morgan fingerprint density at radius 3 is 2.30 bits per heavy atom. The fourth-order valence-electron chi connectivity index (χ4n) is 2.82. The molecule has 0 bridgehead atoms. The van der Waals surface area contributed by atoms with Gasteiger partial charge in [-0.2, -0.15) is 0 Å². The Morgan fingerprint density at radius 1 is 0.900 bits per heavy atom. The highest BCUT2D eigenvalue weighted by Crippen LogP contribution is 2.25. The number of nitrogens with one attached hydrogen (secondary N) is 1. The van der Waals surface area contributed by atoms with Gasteiger partial charge in [0.1, 0.15) is 0 Å². The summed E-state index contributed by atoms with van der Waals surface area (Å²) in [5.74, 6) is 1.94. The molecule has 1 aromatic heterocycles. The lowest BCUT2D eigenvalue weighted by molar-refractivity contribution is -0.113. The molecule has 0 aliphatic carbocycles. The highest BCUT2D eigenvalue weighted by atomic mass is 35.5. The standard InChI is InChI=1S/C23H18ClN3O2S/c24-19-8-4-5-16(13-19)14-30-15-21(28)25-20-11-9-18(10-12-20)23-27-26-22(29-23)17-6-2-1-3-7-17/h1-13H,14-15H2,(H,25,28). The lowest BCUT2D eigenvalue weighted by Crippen LogP contribution is -2.14. The van der Waals surface area contributed by atoms with E-state index in [-0.39, 0.29) is 5.91 Å². The molecule has 0 saturated heterocycles. The molecule has 0 spiro atoms. The lowest BCUT2D eigenvalue weighted by Gasteiger charge is -2.06. The third-order valence-corrected chi connectivity index (χ3v) is 5.49. The number of amides is 1. The van der Waals surface area contributed by atoms with Gasteiger partial charge in [-0.25, -0.2) is 0 Å². The van der Waals surface area contributed by atoms with E-state index in [1.807, 2.05) is 78.9 Å². The maximum Gasteiger partial charge on any atom is 0.248 e. The zero-order chi connectivity index (χ0) is 20.8. The monoisotopic (exact) mass is 435 g/mol. The Labute approximate surface area is 183 Å². The van der Waals surface area contributed by atoms with Gasteiger partial charge in [0, 0.05) is 27.6 Å². The van der Waals surface area contributed by atoms with E-state index in [4.69, 9.17) is 16.0 Å². The van der Waals surface area contributed by atoms with Crippen LogP contribution in [0.2, 0.25) is 5.02 Å². The molecule has 30 heavy (non-hydrogen) atoms. The number of rotatable bonds is 7. The molecule has 5 nitrogen and oxygen atoms in total. The number of hydrogen-bond donors (Lipinski definition) is 1. The van der Waals surface area contributed by atoms with E-state index < -0.39 is 0 Å². The van der Waals surface area contributed by atoms with Crippen LogP contribution in [-0.4, -0.2) is 21.9 Å². The predicted molar refractivity (Wildman–Crippen MR) is 121 cm³/mol. The van der Waals surface area contributed by atoms with Gasteiger partial charge >= 0.3 is 0 Å². The van der Waals surface area contributed by atoms with Crippen molar-refractivity contribution in [1.29, 1.82) is 0 Å². The maximum absolute atomic E-state index is 12.2. The summed E-state index contributed by atoms with van der Waals surface area (Å²) < 4.78 is 5.76. The summed E-state index contributed by atoms with van der Waals surface area (Å²) in [6.07, 6.45) is 0. The van der Waals surface area contributed by atoms with Crippen molar-refractivity contribution in [1.82, 2.24) is 10.2 Å². The van der Waals surface area contributed by atoms with Gasteiger partial charge in [-0.05, 0) is 54.1 Å². The highest BCUT2D eigenvalue weighted by molar-refractivity contribution is 7.99. The zero-order valence-electron chi connectivity index (χ0n) is 15.9. The fraction of sp³-hybridized carbons (Fsp3) is 0.0870. The normalized spacial score (nSPS) is 10.7. The molecule has 7 heteroatoms. The molecule has 0 radical (unpaired) electrons. The SMILES string of the molecule is O=C(CSCc1cccc(Cl)c1)Nc1ccc(-c2nnc(-c3ccccc3)o2)cc1. The summed E-state index contributed by atoms with van der Waals surface area (Å²) in [4.78, 5) is 12.2. The molecule has 1 N–H and O–H groups in total. The van der Waals surface area contributed by atoms with Crippen molar-refractivity contribution in [2.45, 2.75) is 5.75 Å². The summed E-state index contributed by atoms with van der Waals surface area (Å²) in [5, 5.41) is 11.8. The molecule has 150 valence electrons. The Balaban J connectivity index is 1.31. The van der Waals surface area contributed by atoms with E-state index >= 15 is 0 Å². The minimum Gasteiger partial charge on any atom is -0.416 e. The largest absolute Gasteiger partial charge is 0.416 e. The van der Waals surface area contributed by atoms with Crippen molar-refractivity contribution in [3.05, 3.63) is 89.4 Å². The van der Waals surface area contributed by atoms with Crippen LogP contribution in [0.1, 0.15) is 5.56 Å². The number of aromatic nitrogens is 2. The smallest absolute Gasteiger partial charge is 0.248 e. The highest BCUT2D eigenvalue weighted by Gasteiger charge is 2.10. The summed E-state index contributed by atoms with van der Waals surface area (Å²) in [5.41, 5.74) is 3.47. The molecule has 4 rings (SSSR count). The van der Waals surface area contributed by atoms with E-state index in [0.29, 0.717) is 22.6 Å². The summed E-state index contributed by atoms with van der Waals surface area (Å²) in [6.45, 7) is 0. The number of nitrogens with zero attached hydrogens (tertiary/aromatic N) is 2. The number of halogens is 1. The third-order valence-electron chi connectivity index (χ3n) is 4.25. The topological polar surface area (TPSA) is 68.0 Å². The second-order valence-electron chi connectivity index (χ2n) is 6.53. The Kier molecular flexibility index (Phi) is 6.47. The Hall–Kier alpha value is -3.09. The molecular formula is C23H18ClN3O2S. The van der Waals surface area contributed by atoms with Crippen LogP contribution in [0.4, 0.5) is 5.69 Å². The van der Waals surface area contributed by atoms with Crippen LogP contribution in [0.3, 0.4) is 0 Å².